The van der Waals surface area contributed by atoms with Crippen LogP contribution in [-0.4, -0.2) is 18.0 Å². The summed E-state index contributed by atoms with van der Waals surface area (Å²) in [5, 5.41) is 3.31. The van der Waals surface area contributed by atoms with Crippen LogP contribution in [0.2, 0.25) is 0 Å². The molecular weight excluding hydrogens is 260 g/mol. The van der Waals surface area contributed by atoms with Gasteiger partial charge in [-0.1, -0.05) is 13.8 Å². The molecule has 1 aliphatic heterocycles. The number of nitrogens with one attached hydrogen (secondary N) is 1. The summed E-state index contributed by atoms with van der Waals surface area (Å²) in [6.07, 6.45) is 9.51. The second kappa shape index (κ2) is 4.47. The fraction of sp³-hybridized carbons (Fsp3) is 0.944. The second-order valence-corrected chi connectivity index (χ2v) is 8.81. The van der Waals surface area contributed by atoms with Crippen molar-refractivity contribution < 1.29 is 4.79 Å². The van der Waals surface area contributed by atoms with Crippen molar-refractivity contribution in [1.29, 1.82) is 0 Å². The second-order valence-electron chi connectivity index (χ2n) is 8.81. The third-order valence-corrected chi connectivity index (χ3v) is 8.17. The molecule has 3 saturated carbocycles. The Morgan fingerprint density at radius 2 is 1.76 bits per heavy atom. The van der Waals surface area contributed by atoms with Crippen LogP contribution < -0.4 is 11.1 Å². The van der Waals surface area contributed by atoms with E-state index in [0.29, 0.717) is 22.9 Å². The largest absolute Gasteiger partial charge is 0.353 e. The van der Waals surface area contributed by atoms with E-state index in [9.17, 15) is 4.79 Å². The van der Waals surface area contributed by atoms with Gasteiger partial charge in [0.1, 0.15) is 0 Å². The van der Waals surface area contributed by atoms with Gasteiger partial charge in [0, 0.05) is 18.5 Å². The summed E-state index contributed by atoms with van der Waals surface area (Å²) in [4.78, 5) is 11.8. The Labute approximate surface area is 128 Å². The van der Waals surface area contributed by atoms with Crippen molar-refractivity contribution in [2.45, 2.75) is 77.3 Å². The average Bonchev–Trinajstić information content (AvgIpc) is 2.76. The van der Waals surface area contributed by atoms with E-state index < -0.39 is 0 Å². The zero-order valence-corrected chi connectivity index (χ0v) is 13.5. The van der Waals surface area contributed by atoms with Gasteiger partial charge in [0.05, 0.1) is 0 Å². The molecule has 0 bridgehead atoms. The smallest absolute Gasteiger partial charge is 0.220 e. The molecule has 4 fully saturated rings. The van der Waals surface area contributed by atoms with E-state index >= 15 is 0 Å². The van der Waals surface area contributed by atoms with Gasteiger partial charge < -0.3 is 11.1 Å². The lowest BCUT2D eigenvalue weighted by Gasteiger charge is -2.60. The third kappa shape index (κ3) is 1.79. The number of piperidine rings is 1. The highest BCUT2D eigenvalue weighted by molar-refractivity contribution is 5.77. The Morgan fingerprint density at radius 3 is 2.57 bits per heavy atom. The molecule has 1 heterocycles. The molecule has 0 aromatic carbocycles. The van der Waals surface area contributed by atoms with Crippen molar-refractivity contribution in [2.24, 2.45) is 34.3 Å². The first-order valence-electron chi connectivity index (χ1n) is 9.00. The van der Waals surface area contributed by atoms with Crippen LogP contribution in [0.15, 0.2) is 0 Å². The first-order valence-corrected chi connectivity index (χ1v) is 9.00. The number of hydrogen-bond acceptors (Lipinski definition) is 2. The topological polar surface area (TPSA) is 55.1 Å². The Bertz CT molecular complexity index is 464. The summed E-state index contributed by atoms with van der Waals surface area (Å²) in [5.41, 5.74) is 7.20. The monoisotopic (exact) mass is 290 g/mol. The molecule has 4 rings (SSSR count). The van der Waals surface area contributed by atoms with E-state index in [4.69, 9.17) is 5.73 Å². The summed E-state index contributed by atoms with van der Waals surface area (Å²) in [7, 11) is 0. The number of fused-ring (bicyclic) bond motifs is 5. The molecule has 1 amide bonds. The van der Waals surface area contributed by atoms with Gasteiger partial charge in [0.15, 0.2) is 0 Å². The number of rotatable bonds is 0. The van der Waals surface area contributed by atoms with Gasteiger partial charge >= 0.3 is 0 Å². The fourth-order valence-electron chi connectivity index (χ4n) is 6.74. The number of carbonyl (C=O) groups is 1. The van der Waals surface area contributed by atoms with Crippen molar-refractivity contribution >= 4 is 5.91 Å². The highest BCUT2D eigenvalue weighted by atomic mass is 16.1. The molecular formula is C18H30N2O. The minimum absolute atomic E-state index is 0.277. The predicted molar refractivity (Wildman–Crippen MR) is 83.5 cm³/mol. The van der Waals surface area contributed by atoms with Crippen LogP contribution in [0.3, 0.4) is 0 Å². The molecule has 0 radical (unpaired) electrons. The van der Waals surface area contributed by atoms with Gasteiger partial charge in [0.2, 0.25) is 5.91 Å². The van der Waals surface area contributed by atoms with E-state index in [2.05, 4.69) is 19.2 Å². The molecule has 3 aliphatic carbocycles. The van der Waals surface area contributed by atoms with Gasteiger partial charge in [0.25, 0.3) is 0 Å². The van der Waals surface area contributed by atoms with Crippen LogP contribution in [0.4, 0.5) is 0 Å². The molecule has 0 aromatic heterocycles. The van der Waals surface area contributed by atoms with E-state index in [1.165, 1.54) is 38.5 Å². The lowest BCUT2D eigenvalue weighted by Crippen LogP contribution is -2.61. The first-order chi connectivity index (χ1) is 9.95. The Balaban J connectivity index is 1.64. The molecule has 3 heteroatoms. The van der Waals surface area contributed by atoms with Crippen molar-refractivity contribution in [3.05, 3.63) is 0 Å². The highest BCUT2D eigenvalue weighted by Crippen LogP contribution is 2.63. The molecule has 3 nitrogen and oxygen atoms in total. The molecule has 21 heavy (non-hydrogen) atoms. The highest BCUT2D eigenvalue weighted by Gasteiger charge is 2.59. The van der Waals surface area contributed by atoms with Crippen LogP contribution in [0, 0.1) is 28.6 Å². The molecule has 0 aromatic rings. The maximum absolute atomic E-state index is 11.8. The molecule has 1 unspecified atom stereocenters. The number of carbonyl (C=O) groups excluding carboxylic acids is 1. The Morgan fingerprint density at radius 1 is 1.00 bits per heavy atom. The van der Waals surface area contributed by atoms with Crippen LogP contribution in [-0.2, 0) is 4.79 Å². The molecule has 118 valence electrons. The summed E-state index contributed by atoms with van der Waals surface area (Å²) in [6, 6.07) is 0.847. The summed E-state index contributed by atoms with van der Waals surface area (Å²) in [5.74, 6) is 2.77. The van der Waals surface area contributed by atoms with Crippen LogP contribution in [0.25, 0.3) is 0 Å². The standard InChI is InChI=1S/C18H30N2O/c1-17-9-7-13-11(12(17)4-5-14(17)19)3-6-15-18(13,2)10-8-16(21)20-15/h11-15H,3-10,19H2,1-2H3,(H,20,21)/t11-,12-,13-,14?,15+,17-,18+/m0/s1. The average molecular weight is 290 g/mol. The number of amides is 1. The lowest BCUT2D eigenvalue weighted by atomic mass is 9.47. The molecule has 3 N–H and O–H groups in total. The lowest BCUT2D eigenvalue weighted by molar-refractivity contribution is -0.135. The summed E-state index contributed by atoms with van der Waals surface area (Å²) < 4.78 is 0. The van der Waals surface area contributed by atoms with Crippen molar-refractivity contribution in [2.75, 3.05) is 0 Å². The zero-order valence-electron chi connectivity index (χ0n) is 13.5. The number of hydrogen-bond donors (Lipinski definition) is 2. The summed E-state index contributed by atoms with van der Waals surface area (Å²) in [6.45, 7) is 4.92. The van der Waals surface area contributed by atoms with Crippen LogP contribution in [0.5, 0.6) is 0 Å². The van der Waals surface area contributed by atoms with E-state index in [0.717, 1.165) is 30.6 Å². The van der Waals surface area contributed by atoms with Crippen molar-refractivity contribution in [3.8, 4) is 0 Å². The minimum atomic E-state index is 0.277. The van der Waals surface area contributed by atoms with Crippen molar-refractivity contribution in [3.63, 3.8) is 0 Å². The maximum atomic E-state index is 11.8. The minimum Gasteiger partial charge on any atom is -0.353 e. The maximum Gasteiger partial charge on any atom is 0.220 e. The molecule has 0 spiro atoms. The molecule has 7 atom stereocenters. The van der Waals surface area contributed by atoms with E-state index in [1.54, 1.807) is 0 Å². The van der Waals surface area contributed by atoms with Gasteiger partial charge in [-0.25, -0.2) is 0 Å². The molecule has 1 saturated heterocycles. The van der Waals surface area contributed by atoms with Gasteiger partial charge in [-0.05, 0) is 73.5 Å². The van der Waals surface area contributed by atoms with Gasteiger partial charge in [-0.2, -0.15) is 0 Å². The fourth-order valence-corrected chi connectivity index (χ4v) is 6.74. The zero-order chi connectivity index (χ0) is 14.8. The Kier molecular flexibility index (Phi) is 2.99. The van der Waals surface area contributed by atoms with E-state index in [1.807, 2.05) is 0 Å². The van der Waals surface area contributed by atoms with Gasteiger partial charge in [-0.15, -0.1) is 0 Å². The summed E-state index contributed by atoms with van der Waals surface area (Å²) >= 11 is 0. The van der Waals surface area contributed by atoms with Crippen LogP contribution >= 0.6 is 0 Å². The molecule has 4 aliphatic rings. The normalized spacial score (nSPS) is 56.1. The van der Waals surface area contributed by atoms with Crippen molar-refractivity contribution in [1.82, 2.24) is 5.32 Å². The SMILES string of the molecule is C[C@]12CCC(=O)N[C@@H]1CC[C@@H]1[C@@H]2CC[C@]2(C)C(N)CC[C@@H]12. The Hall–Kier alpha value is -0.570. The number of nitrogens with two attached hydrogens (primary N) is 1. The van der Waals surface area contributed by atoms with E-state index in [-0.39, 0.29) is 5.91 Å². The van der Waals surface area contributed by atoms with Crippen LogP contribution in [0.1, 0.15) is 65.2 Å². The predicted octanol–water partition coefficient (Wildman–Crippen LogP) is 2.83. The van der Waals surface area contributed by atoms with Gasteiger partial charge in [-0.3, -0.25) is 4.79 Å². The third-order valence-electron chi connectivity index (χ3n) is 8.17. The first kappa shape index (κ1) is 14.0. The quantitative estimate of drug-likeness (QED) is 0.721.